The van der Waals surface area contributed by atoms with Gasteiger partial charge in [0.2, 0.25) is 0 Å². The molecule has 0 radical (unpaired) electrons. The van der Waals surface area contributed by atoms with Crippen LogP contribution in [0.15, 0.2) is 36.9 Å². The topological polar surface area (TPSA) is 50.1 Å². The van der Waals surface area contributed by atoms with Crippen LogP contribution in [0.4, 0.5) is 0 Å². The molecule has 4 nitrogen and oxygen atoms in total. The number of nitrogens with zero attached hydrogens (tertiary/aromatic N) is 2. The Hall–Kier alpha value is -1.07. The number of nitrogens with one attached hydrogen (secondary N) is 1. The molecule has 0 bridgehead atoms. The number of hydrogen-bond acceptors (Lipinski definition) is 3. The lowest BCUT2D eigenvalue weighted by Gasteiger charge is -2.25. The summed E-state index contributed by atoms with van der Waals surface area (Å²) in [6.07, 6.45) is 5.98. The molecular weight excluding hydrogens is 297 g/mol. The van der Waals surface area contributed by atoms with Crippen molar-refractivity contribution in [2.45, 2.75) is 25.6 Å². The number of rotatable bonds is 6. The monoisotopic (exact) mass is 313 g/mol. The fourth-order valence-corrected chi connectivity index (χ4v) is 2.66. The Balaban J connectivity index is 2.18. The van der Waals surface area contributed by atoms with E-state index in [1.807, 2.05) is 23.8 Å². The molecule has 108 valence electrons. The number of aromatic nitrogens is 2. The van der Waals surface area contributed by atoms with Crippen LogP contribution in [0, 0.1) is 0 Å². The molecule has 0 aliphatic carbocycles. The number of imidazole rings is 1. The van der Waals surface area contributed by atoms with Gasteiger partial charge in [0.1, 0.15) is 0 Å². The molecule has 2 atom stereocenters. The lowest BCUT2D eigenvalue weighted by molar-refractivity contribution is 0.251. The van der Waals surface area contributed by atoms with Gasteiger partial charge in [0.25, 0.3) is 0 Å². The third-order valence-electron chi connectivity index (χ3n) is 3.17. The van der Waals surface area contributed by atoms with E-state index in [1.54, 1.807) is 24.7 Å². The van der Waals surface area contributed by atoms with Crippen molar-refractivity contribution in [2.24, 2.45) is 0 Å². The summed E-state index contributed by atoms with van der Waals surface area (Å²) >= 11 is 12.2. The van der Waals surface area contributed by atoms with Gasteiger partial charge >= 0.3 is 0 Å². The standard InChI is InChI=1S/C14H17Cl2N3O/c1-10(19-6-5-17-9-19)18-14(4-7-20)12-3-2-11(15)8-13(12)16/h2-3,5-6,8-10,14,18,20H,4,7H2,1H3. The van der Waals surface area contributed by atoms with Gasteiger partial charge in [-0.2, -0.15) is 0 Å². The van der Waals surface area contributed by atoms with Crippen LogP contribution < -0.4 is 5.32 Å². The number of halogens is 2. The van der Waals surface area contributed by atoms with E-state index in [9.17, 15) is 5.11 Å². The predicted octanol–water partition coefficient (Wildman–Crippen LogP) is 3.42. The lowest BCUT2D eigenvalue weighted by atomic mass is 10.0. The van der Waals surface area contributed by atoms with Gasteiger partial charge in [-0.15, -0.1) is 0 Å². The molecule has 0 saturated heterocycles. The SMILES string of the molecule is CC(NC(CCO)c1ccc(Cl)cc1Cl)n1ccnc1. The number of aliphatic hydroxyl groups is 1. The molecule has 0 amide bonds. The van der Waals surface area contributed by atoms with Crippen LogP contribution in [-0.4, -0.2) is 21.3 Å². The van der Waals surface area contributed by atoms with Gasteiger partial charge in [0.15, 0.2) is 0 Å². The lowest BCUT2D eigenvalue weighted by Crippen LogP contribution is -2.29. The average molecular weight is 314 g/mol. The highest BCUT2D eigenvalue weighted by molar-refractivity contribution is 6.35. The van der Waals surface area contributed by atoms with Gasteiger partial charge in [-0.25, -0.2) is 4.98 Å². The summed E-state index contributed by atoms with van der Waals surface area (Å²) in [5, 5.41) is 13.9. The van der Waals surface area contributed by atoms with Crippen LogP contribution >= 0.6 is 23.2 Å². The molecule has 2 aromatic rings. The van der Waals surface area contributed by atoms with E-state index in [0.717, 1.165) is 5.56 Å². The number of benzene rings is 1. The molecule has 0 spiro atoms. The third-order valence-corrected chi connectivity index (χ3v) is 3.73. The first-order valence-corrected chi connectivity index (χ1v) is 7.16. The molecule has 1 aromatic carbocycles. The molecule has 6 heteroatoms. The minimum Gasteiger partial charge on any atom is -0.396 e. The second kappa shape index (κ2) is 7.09. The first-order chi connectivity index (χ1) is 9.61. The Morgan fingerprint density at radius 3 is 2.80 bits per heavy atom. The zero-order chi connectivity index (χ0) is 14.5. The van der Waals surface area contributed by atoms with Crippen LogP contribution in [0.1, 0.15) is 31.1 Å². The summed E-state index contributed by atoms with van der Waals surface area (Å²) in [4.78, 5) is 4.03. The average Bonchev–Trinajstić information content (AvgIpc) is 2.92. The summed E-state index contributed by atoms with van der Waals surface area (Å²) in [7, 11) is 0. The molecule has 0 saturated carbocycles. The van der Waals surface area contributed by atoms with Crippen LogP contribution in [0.5, 0.6) is 0 Å². The van der Waals surface area contributed by atoms with E-state index in [1.165, 1.54) is 0 Å². The fraction of sp³-hybridized carbons (Fsp3) is 0.357. The predicted molar refractivity (Wildman–Crippen MR) is 81.0 cm³/mol. The fourth-order valence-electron chi connectivity index (χ4n) is 2.12. The van der Waals surface area contributed by atoms with E-state index >= 15 is 0 Å². The third kappa shape index (κ3) is 3.73. The first kappa shape index (κ1) is 15.3. The van der Waals surface area contributed by atoms with Crippen molar-refractivity contribution in [2.75, 3.05) is 6.61 Å². The molecule has 0 aliphatic rings. The Morgan fingerprint density at radius 2 is 2.20 bits per heavy atom. The second-order valence-electron chi connectivity index (χ2n) is 4.58. The zero-order valence-corrected chi connectivity index (χ0v) is 12.6. The van der Waals surface area contributed by atoms with E-state index in [0.29, 0.717) is 16.5 Å². The quantitative estimate of drug-likeness (QED) is 0.859. The molecule has 2 rings (SSSR count). The van der Waals surface area contributed by atoms with Crippen molar-refractivity contribution in [3.63, 3.8) is 0 Å². The molecule has 1 heterocycles. The summed E-state index contributed by atoms with van der Waals surface area (Å²) in [5.74, 6) is 0. The minimum absolute atomic E-state index is 0.0424. The van der Waals surface area contributed by atoms with Gasteiger partial charge in [-0.05, 0) is 31.0 Å². The summed E-state index contributed by atoms with van der Waals surface area (Å²) < 4.78 is 1.95. The largest absolute Gasteiger partial charge is 0.396 e. The Labute approximate surface area is 128 Å². The summed E-state index contributed by atoms with van der Waals surface area (Å²) in [6.45, 7) is 2.10. The van der Waals surface area contributed by atoms with Gasteiger partial charge in [-0.3, -0.25) is 5.32 Å². The minimum atomic E-state index is -0.0535. The normalized spacial score (nSPS) is 14.2. The highest BCUT2D eigenvalue weighted by atomic mass is 35.5. The Morgan fingerprint density at radius 1 is 1.40 bits per heavy atom. The van der Waals surface area contributed by atoms with Crippen molar-refractivity contribution in [3.8, 4) is 0 Å². The molecular formula is C14H17Cl2N3O. The van der Waals surface area contributed by atoms with Crippen LogP contribution in [0.3, 0.4) is 0 Å². The van der Waals surface area contributed by atoms with Crippen molar-refractivity contribution in [3.05, 3.63) is 52.5 Å². The van der Waals surface area contributed by atoms with Gasteiger partial charge in [-0.1, -0.05) is 29.3 Å². The van der Waals surface area contributed by atoms with Gasteiger partial charge in [0.05, 0.1) is 12.5 Å². The molecule has 0 aliphatic heterocycles. The second-order valence-corrected chi connectivity index (χ2v) is 5.43. The number of aliphatic hydroxyl groups excluding tert-OH is 1. The first-order valence-electron chi connectivity index (χ1n) is 6.41. The highest BCUT2D eigenvalue weighted by Gasteiger charge is 2.17. The Bertz CT molecular complexity index is 545. The highest BCUT2D eigenvalue weighted by Crippen LogP contribution is 2.29. The van der Waals surface area contributed by atoms with Gasteiger partial charge < -0.3 is 9.67 Å². The van der Waals surface area contributed by atoms with E-state index in [-0.39, 0.29) is 18.8 Å². The van der Waals surface area contributed by atoms with Crippen LogP contribution in [0.25, 0.3) is 0 Å². The van der Waals surface area contributed by atoms with Crippen molar-refractivity contribution in [1.82, 2.24) is 14.9 Å². The maximum absolute atomic E-state index is 9.26. The molecule has 2 unspecified atom stereocenters. The van der Waals surface area contributed by atoms with Crippen molar-refractivity contribution >= 4 is 23.2 Å². The van der Waals surface area contributed by atoms with Gasteiger partial charge in [0, 0.05) is 35.1 Å². The maximum atomic E-state index is 9.26. The number of hydrogen-bond donors (Lipinski definition) is 2. The molecule has 20 heavy (non-hydrogen) atoms. The Kier molecular flexibility index (Phi) is 5.43. The summed E-state index contributed by atoms with van der Waals surface area (Å²) in [5.41, 5.74) is 0.928. The van der Waals surface area contributed by atoms with E-state index in [2.05, 4.69) is 10.3 Å². The van der Waals surface area contributed by atoms with Crippen LogP contribution in [0.2, 0.25) is 10.0 Å². The smallest absolute Gasteiger partial charge is 0.0959 e. The zero-order valence-electron chi connectivity index (χ0n) is 11.1. The van der Waals surface area contributed by atoms with Crippen molar-refractivity contribution in [1.29, 1.82) is 0 Å². The molecule has 2 N–H and O–H groups in total. The van der Waals surface area contributed by atoms with Crippen molar-refractivity contribution < 1.29 is 5.11 Å². The van der Waals surface area contributed by atoms with Crippen LogP contribution in [-0.2, 0) is 0 Å². The van der Waals surface area contributed by atoms with E-state index in [4.69, 9.17) is 23.2 Å². The molecule has 0 fully saturated rings. The summed E-state index contributed by atoms with van der Waals surface area (Å²) in [6, 6.07) is 5.35. The maximum Gasteiger partial charge on any atom is 0.0959 e. The van der Waals surface area contributed by atoms with E-state index < -0.39 is 0 Å². The molecule has 1 aromatic heterocycles.